The molecule has 7 heteroatoms. The molecule has 2 N–H and O–H groups in total. The molecule has 0 aromatic heterocycles. The predicted octanol–water partition coefficient (Wildman–Crippen LogP) is 0.967. The number of amides is 2. The summed E-state index contributed by atoms with van der Waals surface area (Å²) < 4.78 is 9.59. The van der Waals surface area contributed by atoms with Crippen molar-refractivity contribution in [2.75, 3.05) is 7.11 Å². The van der Waals surface area contributed by atoms with Crippen LogP contribution < -0.4 is 10.6 Å². The first-order valence-electron chi connectivity index (χ1n) is 6.07. The second-order valence-corrected chi connectivity index (χ2v) is 5.44. The van der Waals surface area contributed by atoms with Crippen molar-refractivity contribution in [3.05, 3.63) is 0 Å². The second-order valence-electron chi connectivity index (χ2n) is 5.44. The molecule has 1 aliphatic carbocycles. The standard InChI is InChI=1S/C12H20N2O5/c1-12(2,3)19-11(17)14-9-6-7(15)5-8(9)13-10(16)18-4/h8-9H,5-6H2,1-4H3,(H,13,16)(H,14,17)/t8-,9+/m0/s1. The molecule has 0 spiro atoms. The molecule has 0 radical (unpaired) electrons. The summed E-state index contributed by atoms with van der Waals surface area (Å²) in [5, 5.41) is 5.12. The molecule has 0 aromatic carbocycles. The average Bonchev–Trinajstić information content (AvgIpc) is 2.55. The smallest absolute Gasteiger partial charge is 0.407 e. The van der Waals surface area contributed by atoms with Crippen molar-refractivity contribution in [3.63, 3.8) is 0 Å². The molecule has 0 saturated heterocycles. The summed E-state index contributed by atoms with van der Waals surface area (Å²) in [6, 6.07) is -0.936. The van der Waals surface area contributed by atoms with Gasteiger partial charge in [-0.3, -0.25) is 4.79 Å². The summed E-state index contributed by atoms with van der Waals surface area (Å²) >= 11 is 0. The number of Topliss-reactive ketones (excluding diaryl/α,β-unsaturated/α-hetero) is 1. The number of methoxy groups -OCH3 is 1. The van der Waals surface area contributed by atoms with Crippen LogP contribution in [0, 0.1) is 0 Å². The Hall–Kier alpha value is -1.79. The van der Waals surface area contributed by atoms with Crippen LogP contribution in [0.1, 0.15) is 33.6 Å². The van der Waals surface area contributed by atoms with E-state index >= 15 is 0 Å². The fourth-order valence-electron chi connectivity index (χ4n) is 1.83. The first-order chi connectivity index (χ1) is 8.71. The van der Waals surface area contributed by atoms with E-state index in [9.17, 15) is 14.4 Å². The third-order valence-electron chi connectivity index (χ3n) is 2.57. The van der Waals surface area contributed by atoms with Crippen LogP contribution in [-0.2, 0) is 14.3 Å². The van der Waals surface area contributed by atoms with Gasteiger partial charge in [0.15, 0.2) is 0 Å². The molecule has 1 aliphatic rings. The molecular formula is C12H20N2O5. The second kappa shape index (κ2) is 5.90. The highest BCUT2D eigenvalue weighted by Crippen LogP contribution is 2.17. The monoisotopic (exact) mass is 272 g/mol. The molecule has 1 fully saturated rings. The third kappa shape index (κ3) is 5.15. The number of ketones is 1. The minimum absolute atomic E-state index is 0.0255. The van der Waals surface area contributed by atoms with Crippen molar-refractivity contribution in [3.8, 4) is 0 Å². The number of rotatable bonds is 2. The van der Waals surface area contributed by atoms with E-state index in [0.29, 0.717) is 0 Å². The van der Waals surface area contributed by atoms with Crippen LogP contribution in [0.15, 0.2) is 0 Å². The molecule has 2 atom stereocenters. The van der Waals surface area contributed by atoms with Gasteiger partial charge in [-0.1, -0.05) is 0 Å². The average molecular weight is 272 g/mol. The Morgan fingerprint density at radius 3 is 2.00 bits per heavy atom. The molecule has 0 aromatic rings. The van der Waals surface area contributed by atoms with Gasteiger partial charge < -0.3 is 20.1 Å². The summed E-state index contributed by atoms with van der Waals surface area (Å²) in [4.78, 5) is 34.2. The van der Waals surface area contributed by atoms with Gasteiger partial charge in [0.25, 0.3) is 0 Å². The van der Waals surface area contributed by atoms with Gasteiger partial charge in [0.2, 0.25) is 0 Å². The Morgan fingerprint density at radius 1 is 1.11 bits per heavy atom. The third-order valence-corrected chi connectivity index (χ3v) is 2.57. The SMILES string of the molecule is COC(=O)N[C@H]1CC(=O)C[C@H]1NC(=O)OC(C)(C)C. The summed E-state index contributed by atoms with van der Waals surface area (Å²) in [6.45, 7) is 5.24. The fourth-order valence-corrected chi connectivity index (χ4v) is 1.83. The number of carbonyl (C=O) groups excluding carboxylic acids is 3. The molecule has 0 heterocycles. The first kappa shape index (κ1) is 15.3. The van der Waals surface area contributed by atoms with E-state index in [1.165, 1.54) is 7.11 Å². The van der Waals surface area contributed by atoms with Crippen molar-refractivity contribution < 1.29 is 23.9 Å². The van der Waals surface area contributed by atoms with Gasteiger partial charge in [-0.15, -0.1) is 0 Å². The number of ether oxygens (including phenoxy) is 2. The molecule has 1 rings (SSSR count). The largest absolute Gasteiger partial charge is 0.453 e. The minimum Gasteiger partial charge on any atom is -0.453 e. The zero-order valence-electron chi connectivity index (χ0n) is 11.6. The maximum Gasteiger partial charge on any atom is 0.407 e. The maximum atomic E-state index is 11.6. The van der Waals surface area contributed by atoms with E-state index in [1.807, 2.05) is 0 Å². The van der Waals surface area contributed by atoms with Crippen molar-refractivity contribution in [1.82, 2.24) is 10.6 Å². The summed E-state index contributed by atoms with van der Waals surface area (Å²) in [6.07, 6.45) is -0.886. The normalized spacial score (nSPS) is 22.8. The molecule has 0 bridgehead atoms. The quantitative estimate of drug-likeness (QED) is 0.781. The Labute approximate surface area is 112 Å². The van der Waals surface area contributed by atoms with Crippen LogP contribution in [0.3, 0.4) is 0 Å². The van der Waals surface area contributed by atoms with Gasteiger partial charge in [-0.05, 0) is 20.8 Å². The lowest BCUT2D eigenvalue weighted by Gasteiger charge is -2.24. The van der Waals surface area contributed by atoms with Crippen LogP contribution in [0.2, 0.25) is 0 Å². The van der Waals surface area contributed by atoms with E-state index in [2.05, 4.69) is 15.4 Å². The van der Waals surface area contributed by atoms with Gasteiger partial charge in [0, 0.05) is 12.8 Å². The van der Waals surface area contributed by atoms with E-state index < -0.39 is 29.9 Å². The summed E-state index contributed by atoms with van der Waals surface area (Å²) in [5.41, 5.74) is -0.613. The number of hydrogen-bond donors (Lipinski definition) is 2. The van der Waals surface area contributed by atoms with Crippen molar-refractivity contribution in [2.24, 2.45) is 0 Å². The zero-order valence-corrected chi connectivity index (χ0v) is 11.6. The van der Waals surface area contributed by atoms with Gasteiger partial charge in [0.1, 0.15) is 11.4 Å². The highest BCUT2D eigenvalue weighted by atomic mass is 16.6. The zero-order chi connectivity index (χ0) is 14.6. The van der Waals surface area contributed by atoms with Crippen LogP contribution >= 0.6 is 0 Å². The van der Waals surface area contributed by atoms with Crippen LogP contribution in [0.5, 0.6) is 0 Å². The topological polar surface area (TPSA) is 93.7 Å². The van der Waals surface area contributed by atoms with E-state index in [-0.39, 0.29) is 18.6 Å². The van der Waals surface area contributed by atoms with Gasteiger partial charge in [-0.25, -0.2) is 9.59 Å². The minimum atomic E-state index is -0.629. The number of hydrogen-bond acceptors (Lipinski definition) is 5. The van der Waals surface area contributed by atoms with Crippen LogP contribution in [-0.4, -0.2) is 42.8 Å². The summed E-state index contributed by atoms with van der Waals surface area (Å²) in [5.74, 6) is -0.0255. The van der Waals surface area contributed by atoms with Crippen molar-refractivity contribution >= 4 is 18.0 Å². The lowest BCUT2D eigenvalue weighted by Crippen LogP contribution is -2.49. The van der Waals surface area contributed by atoms with Gasteiger partial charge in [-0.2, -0.15) is 0 Å². The molecule has 0 unspecified atom stereocenters. The van der Waals surface area contributed by atoms with Crippen molar-refractivity contribution in [1.29, 1.82) is 0 Å². The fraction of sp³-hybridized carbons (Fsp3) is 0.750. The molecule has 0 aliphatic heterocycles. The Balaban J connectivity index is 2.57. The maximum absolute atomic E-state index is 11.6. The molecule has 2 amide bonds. The molecule has 19 heavy (non-hydrogen) atoms. The molecule has 7 nitrogen and oxygen atoms in total. The summed E-state index contributed by atoms with van der Waals surface area (Å²) in [7, 11) is 1.24. The highest BCUT2D eigenvalue weighted by molar-refractivity contribution is 5.84. The number of carbonyl (C=O) groups is 3. The molecular weight excluding hydrogens is 252 g/mol. The lowest BCUT2D eigenvalue weighted by atomic mass is 10.2. The predicted molar refractivity (Wildman–Crippen MR) is 66.7 cm³/mol. The van der Waals surface area contributed by atoms with Crippen molar-refractivity contribution in [2.45, 2.75) is 51.3 Å². The number of nitrogens with one attached hydrogen (secondary N) is 2. The van der Waals surface area contributed by atoms with E-state index in [4.69, 9.17) is 4.74 Å². The van der Waals surface area contributed by atoms with Gasteiger partial charge >= 0.3 is 12.2 Å². The van der Waals surface area contributed by atoms with Crippen LogP contribution in [0.25, 0.3) is 0 Å². The molecule has 108 valence electrons. The Morgan fingerprint density at radius 2 is 1.58 bits per heavy atom. The van der Waals surface area contributed by atoms with E-state index in [1.54, 1.807) is 20.8 Å². The van der Waals surface area contributed by atoms with Gasteiger partial charge in [0.05, 0.1) is 19.2 Å². The first-order valence-corrected chi connectivity index (χ1v) is 6.07. The lowest BCUT2D eigenvalue weighted by molar-refractivity contribution is -0.117. The Bertz CT molecular complexity index is 375. The van der Waals surface area contributed by atoms with Crippen LogP contribution in [0.4, 0.5) is 9.59 Å². The Kier molecular flexibility index (Phi) is 4.74. The van der Waals surface area contributed by atoms with E-state index in [0.717, 1.165) is 0 Å². The highest BCUT2D eigenvalue weighted by Gasteiger charge is 2.36. The number of alkyl carbamates (subject to hydrolysis) is 2. The molecule has 1 saturated carbocycles.